The van der Waals surface area contributed by atoms with Crippen LogP contribution in [0.2, 0.25) is 0 Å². The van der Waals surface area contributed by atoms with Crippen molar-refractivity contribution >= 4 is 0 Å². The number of hydrogen-bond acceptors (Lipinski definition) is 0. The van der Waals surface area contributed by atoms with E-state index in [0.29, 0.717) is 0 Å². The Hall–Kier alpha value is 0.103. The summed E-state index contributed by atoms with van der Waals surface area (Å²) in [6, 6.07) is 0. The van der Waals surface area contributed by atoms with E-state index in [1.54, 1.807) is 0 Å². The minimum absolute atomic E-state index is 0. The SMILES string of the molecule is C[C]1[C](C)[C](C)[C](C)[C]1C.[C-]#[O+].[C-]#[O+].[Ru+]. The molecule has 0 heterocycles. The normalized spacial score (nSPS) is 19.3. The van der Waals surface area contributed by atoms with E-state index in [0.717, 1.165) is 0 Å². The maximum Gasteiger partial charge on any atom is 1.00 e. The van der Waals surface area contributed by atoms with Crippen LogP contribution in [-0.4, -0.2) is 0 Å². The Balaban J connectivity index is -0.000000258. The summed E-state index contributed by atoms with van der Waals surface area (Å²) in [6.45, 7) is 20.0. The summed E-state index contributed by atoms with van der Waals surface area (Å²) >= 11 is 0. The predicted molar refractivity (Wildman–Crippen MR) is 52.4 cm³/mol. The molecule has 0 atom stereocenters. The minimum Gasteiger partial charge on any atom is 1.00 e. The van der Waals surface area contributed by atoms with Crippen molar-refractivity contribution in [3.63, 3.8) is 0 Å². The summed E-state index contributed by atoms with van der Waals surface area (Å²) in [4.78, 5) is 0. The van der Waals surface area contributed by atoms with Gasteiger partial charge >= 0.3 is 42.1 Å². The molecule has 2 nitrogen and oxygen atoms in total. The second-order valence-electron chi connectivity index (χ2n) is 3.12. The van der Waals surface area contributed by atoms with Gasteiger partial charge in [0.15, 0.2) is 0 Å². The van der Waals surface area contributed by atoms with E-state index < -0.39 is 0 Å². The molecule has 0 spiro atoms. The minimum atomic E-state index is 0. The molecule has 1 fully saturated rings. The quantitative estimate of drug-likeness (QED) is 0.374. The Labute approximate surface area is 106 Å². The Morgan fingerprint density at radius 3 is 0.667 bits per heavy atom. The van der Waals surface area contributed by atoms with Gasteiger partial charge in [-0.2, -0.15) is 0 Å². The molecule has 0 aromatic carbocycles. The molecule has 0 aromatic rings. The summed E-state index contributed by atoms with van der Waals surface area (Å²) in [5, 5.41) is 0. The topological polar surface area (TPSA) is 39.8 Å². The molecule has 0 amide bonds. The van der Waals surface area contributed by atoms with Crippen LogP contribution in [0.5, 0.6) is 0 Å². The van der Waals surface area contributed by atoms with Gasteiger partial charge in [0.1, 0.15) is 0 Å². The van der Waals surface area contributed by atoms with E-state index in [2.05, 4.69) is 47.9 Å². The summed E-state index contributed by atoms with van der Waals surface area (Å²) in [5.74, 6) is 7.34. The Morgan fingerprint density at radius 2 is 0.600 bits per heavy atom. The van der Waals surface area contributed by atoms with Crippen LogP contribution in [0, 0.1) is 42.9 Å². The maximum absolute atomic E-state index is 7.50. The molecule has 0 bridgehead atoms. The monoisotopic (exact) mass is 293 g/mol. The van der Waals surface area contributed by atoms with Gasteiger partial charge in [0.2, 0.25) is 0 Å². The van der Waals surface area contributed by atoms with E-state index in [4.69, 9.17) is 9.30 Å². The van der Waals surface area contributed by atoms with Gasteiger partial charge in [-0.25, -0.2) is 0 Å². The first-order chi connectivity index (χ1) is 6.55. The number of rotatable bonds is 0. The van der Waals surface area contributed by atoms with Gasteiger partial charge < -0.3 is 0 Å². The third-order valence-electron chi connectivity index (χ3n) is 2.81. The fourth-order valence-electron chi connectivity index (χ4n) is 1.41. The molecule has 0 N–H and O–H groups in total. The Kier molecular flexibility index (Phi) is 14.5. The van der Waals surface area contributed by atoms with Crippen molar-refractivity contribution in [1.29, 1.82) is 0 Å². The van der Waals surface area contributed by atoms with Crippen LogP contribution in [0.25, 0.3) is 0 Å². The van der Waals surface area contributed by atoms with Crippen molar-refractivity contribution in [3.8, 4) is 0 Å². The van der Waals surface area contributed by atoms with E-state index in [1.165, 1.54) is 29.6 Å². The Morgan fingerprint density at radius 1 is 0.533 bits per heavy atom. The average molecular weight is 292 g/mol. The van der Waals surface area contributed by atoms with Crippen LogP contribution in [-0.2, 0) is 28.8 Å². The van der Waals surface area contributed by atoms with E-state index in [-0.39, 0.29) is 19.5 Å². The molecule has 82 valence electrons. The van der Waals surface area contributed by atoms with E-state index >= 15 is 0 Å². The second-order valence-corrected chi connectivity index (χ2v) is 3.12. The molecule has 1 aliphatic carbocycles. The van der Waals surface area contributed by atoms with Crippen LogP contribution in [0.15, 0.2) is 0 Å². The van der Waals surface area contributed by atoms with Crippen molar-refractivity contribution in [3.05, 3.63) is 42.9 Å². The summed E-state index contributed by atoms with van der Waals surface area (Å²) in [5.41, 5.74) is 0. The van der Waals surface area contributed by atoms with Gasteiger partial charge in [0.05, 0.1) is 0 Å². The van der Waals surface area contributed by atoms with Crippen LogP contribution < -0.4 is 0 Å². The molecule has 0 saturated heterocycles. The van der Waals surface area contributed by atoms with Gasteiger partial charge in [0, 0.05) is 0 Å². The second kappa shape index (κ2) is 10.6. The van der Waals surface area contributed by atoms with Crippen molar-refractivity contribution < 1.29 is 28.8 Å². The van der Waals surface area contributed by atoms with Gasteiger partial charge in [-0.1, -0.05) is 34.6 Å². The molecule has 0 aliphatic heterocycles. The average Bonchev–Trinajstić information content (AvgIpc) is 2.42. The first kappa shape index (κ1) is 20.5. The molecule has 15 heavy (non-hydrogen) atoms. The molecule has 6 radical (unpaired) electrons. The van der Waals surface area contributed by atoms with E-state index in [9.17, 15) is 0 Å². The third kappa shape index (κ3) is 5.11. The fraction of sp³-hybridized carbons (Fsp3) is 0.417. The number of hydrogen-bond donors (Lipinski definition) is 0. The van der Waals surface area contributed by atoms with Crippen LogP contribution in [0.4, 0.5) is 0 Å². The molecule has 0 aromatic heterocycles. The molecule has 0 unspecified atom stereocenters. The van der Waals surface area contributed by atoms with Crippen molar-refractivity contribution in [2.45, 2.75) is 34.6 Å². The standard InChI is InChI=1S/C10H15.2CO.Ru/c1-6-7(2)9(4)10(5)8(6)3;2*1-2;/h1-5H3;;;/q;;;+1. The van der Waals surface area contributed by atoms with E-state index in [1.807, 2.05) is 0 Å². The van der Waals surface area contributed by atoms with Crippen LogP contribution in [0.3, 0.4) is 0 Å². The molecule has 1 aliphatic rings. The third-order valence-corrected chi connectivity index (χ3v) is 2.81. The Bertz CT molecular complexity index is 138. The molecular weight excluding hydrogens is 277 g/mol. The zero-order valence-electron chi connectivity index (χ0n) is 9.67. The first-order valence-electron chi connectivity index (χ1n) is 4.16. The maximum atomic E-state index is 7.50. The van der Waals surface area contributed by atoms with Crippen molar-refractivity contribution in [2.75, 3.05) is 0 Å². The van der Waals surface area contributed by atoms with Gasteiger partial charge in [-0.3, -0.25) is 0 Å². The summed E-state index contributed by atoms with van der Waals surface area (Å²) in [7, 11) is 0. The zero-order chi connectivity index (χ0) is 11.9. The first-order valence-corrected chi connectivity index (χ1v) is 4.16. The van der Waals surface area contributed by atoms with Crippen LogP contribution in [0.1, 0.15) is 34.6 Å². The van der Waals surface area contributed by atoms with Gasteiger partial charge in [-0.05, 0) is 29.6 Å². The van der Waals surface area contributed by atoms with Gasteiger partial charge in [0.25, 0.3) is 0 Å². The zero-order valence-corrected chi connectivity index (χ0v) is 11.4. The van der Waals surface area contributed by atoms with Crippen molar-refractivity contribution in [2.24, 2.45) is 0 Å². The van der Waals surface area contributed by atoms with Crippen LogP contribution >= 0.6 is 0 Å². The molecule has 3 heteroatoms. The molecular formula is C12H15O2Ru+. The predicted octanol–water partition coefficient (Wildman–Crippen LogP) is 2.89. The summed E-state index contributed by atoms with van der Waals surface area (Å²) in [6.07, 6.45) is 0. The fourth-order valence-corrected chi connectivity index (χ4v) is 1.41. The van der Waals surface area contributed by atoms with Gasteiger partial charge in [-0.15, -0.1) is 0 Å². The molecule has 1 rings (SSSR count). The largest absolute Gasteiger partial charge is 1.00 e. The smallest absolute Gasteiger partial charge is 1.00 e. The molecule has 1 saturated carbocycles. The van der Waals surface area contributed by atoms with Crippen molar-refractivity contribution in [1.82, 2.24) is 0 Å². The summed E-state index contributed by atoms with van der Waals surface area (Å²) < 4.78 is 15.0.